The summed E-state index contributed by atoms with van der Waals surface area (Å²) >= 11 is 2.47. The zero-order valence-corrected chi connectivity index (χ0v) is 21.1. The Bertz CT molecular complexity index is 1210. The highest BCUT2D eigenvalue weighted by atomic mass is 32.2. The smallest absolute Gasteiger partial charge is 0.252 e. The van der Waals surface area contributed by atoms with Crippen LogP contribution in [0.25, 0.3) is 10.2 Å². The lowest BCUT2D eigenvalue weighted by molar-refractivity contribution is -0.123. The molecule has 3 heterocycles. The van der Waals surface area contributed by atoms with Crippen LogP contribution in [-0.2, 0) is 14.8 Å². The number of carbonyl (C=O) groups excluding carboxylic acids is 1. The summed E-state index contributed by atoms with van der Waals surface area (Å²) in [6, 6.07) is 8.08. The van der Waals surface area contributed by atoms with Crippen molar-refractivity contribution in [2.75, 3.05) is 45.2 Å². The summed E-state index contributed by atoms with van der Waals surface area (Å²) in [5.41, 5.74) is 0.258. The van der Waals surface area contributed by atoms with Gasteiger partial charge < -0.3 is 4.90 Å². The van der Waals surface area contributed by atoms with Crippen LogP contribution in [0.1, 0.15) is 19.3 Å². The third-order valence-corrected chi connectivity index (χ3v) is 9.95. The topological polar surface area (TPSA) is 73.8 Å². The number of carbonyl (C=O) groups is 1. The minimum atomic E-state index is -3.62. The van der Waals surface area contributed by atoms with Gasteiger partial charge in [-0.2, -0.15) is 4.31 Å². The van der Waals surface area contributed by atoms with Gasteiger partial charge in [-0.3, -0.25) is 9.69 Å². The monoisotopic (exact) mass is 510 g/mol. The standard InChI is InChI=1S/C22H27FN4O3S3/c1-25(2)11-6-13-27(22-24-20-17(23)8-3-9-18(20)32-22)21(28)16-7-4-12-26(15-16)33(29,30)19-10-5-14-31-19/h3,5,8-10,14,16H,4,6-7,11-13,15H2,1-2H3. The van der Waals surface area contributed by atoms with Gasteiger partial charge in [0, 0.05) is 19.6 Å². The fourth-order valence-electron chi connectivity index (χ4n) is 3.98. The molecule has 4 rings (SSSR count). The second kappa shape index (κ2) is 10.1. The van der Waals surface area contributed by atoms with Crippen molar-refractivity contribution in [1.29, 1.82) is 0 Å². The molecule has 33 heavy (non-hydrogen) atoms. The molecule has 1 aliphatic heterocycles. The molecule has 1 amide bonds. The van der Waals surface area contributed by atoms with Crippen LogP contribution >= 0.6 is 22.7 Å². The lowest BCUT2D eigenvalue weighted by Gasteiger charge is -2.33. The molecule has 1 saturated heterocycles. The summed E-state index contributed by atoms with van der Waals surface area (Å²) in [5.74, 6) is -1.04. The number of fused-ring (bicyclic) bond motifs is 1. The van der Waals surface area contributed by atoms with Crippen LogP contribution in [0.3, 0.4) is 0 Å². The maximum absolute atomic E-state index is 14.3. The number of thiazole rings is 1. The Labute approximate surface area is 201 Å². The molecule has 0 bridgehead atoms. The lowest BCUT2D eigenvalue weighted by Crippen LogP contribution is -2.47. The van der Waals surface area contributed by atoms with Gasteiger partial charge in [0.1, 0.15) is 15.5 Å². The molecule has 7 nitrogen and oxygen atoms in total. The second-order valence-corrected chi connectivity index (χ2v) is 12.5. The van der Waals surface area contributed by atoms with E-state index in [4.69, 9.17) is 0 Å². The Hall–Kier alpha value is -1.92. The highest BCUT2D eigenvalue weighted by Crippen LogP contribution is 2.33. The van der Waals surface area contributed by atoms with Crippen LogP contribution in [-0.4, -0.2) is 68.8 Å². The van der Waals surface area contributed by atoms with E-state index < -0.39 is 21.8 Å². The molecule has 1 aromatic carbocycles. The largest absolute Gasteiger partial charge is 0.309 e. The SMILES string of the molecule is CN(C)CCCN(C(=O)C1CCCN(S(=O)(=O)c2cccs2)C1)c1nc2c(F)cccc2s1. The molecule has 11 heteroatoms. The van der Waals surface area contributed by atoms with Gasteiger partial charge in [-0.15, -0.1) is 11.3 Å². The minimum absolute atomic E-state index is 0.141. The molecule has 0 N–H and O–H groups in total. The molecule has 0 saturated carbocycles. The maximum Gasteiger partial charge on any atom is 0.252 e. The Morgan fingerprint density at radius 2 is 2.06 bits per heavy atom. The number of sulfonamides is 1. The molecular weight excluding hydrogens is 483 g/mol. The predicted octanol–water partition coefficient (Wildman–Crippen LogP) is 3.88. The molecule has 3 aromatic rings. The first-order valence-electron chi connectivity index (χ1n) is 10.8. The van der Waals surface area contributed by atoms with Gasteiger partial charge in [0.25, 0.3) is 10.0 Å². The van der Waals surface area contributed by atoms with Crippen molar-refractivity contribution in [2.45, 2.75) is 23.5 Å². The number of halogens is 1. The number of aromatic nitrogens is 1. The summed E-state index contributed by atoms with van der Waals surface area (Å²) in [4.78, 5) is 21.8. The van der Waals surface area contributed by atoms with Crippen LogP contribution in [0.4, 0.5) is 9.52 Å². The van der Waals surface area contributed by atoms with E-state index >= 15 is 0 Å². The van der Waals surface area contributed by atoms with Gasteiger partial charge >= 0.3 is 0 Å². The average Bonchev–Trinajstić information content (AvgIpc) is 3.47. The van der Waals surface area contributed by atoms with Crippen LogP contribution in [0.2, 0.25) is 0 Å². The Morgan fingerprint density at radius 1 is 1.24 bits per heavy atom. The number of hydrogen-bond donors (Lipinski definition) is 0. The number of anilines is 1. The van der Waals surface area contributed by atoms with Gasteiger partial charge in [0.2, 0.25) is 5.91 Å². The van der Waals surface area contributed by atoms with E-state index in [2.05, 4.69) is 4.98 Å². The zero-order chi connectivity index (χ0) is 23.6. The Kier molecular flexibility index (Phi) is 7.44. The van der Waals surface area contributed by atoms with Crippen LogP contribution in [0.15, 0.2) is 39.9 Å². The number of para-hydroxylation sites is 1. The van der Waals surface area contributed by atoms with Crippen molar-refractivity contribution in [3.63, 3.8) is 0 Å². The van der Waals surface area contributed by atoms with Crippen molar-refractivity contribution in [3.05, 3.63) is 41.5 Å². The van der Waals surface area contributed by atoms with E-state index in [1.165, 1.54) is 33.0 Å². The number of benzene rings is 1. The number of hydrogen-bond acceptors (Lipinski definition) is 7. The van der Waals surface area contributed by atoms with E-state index in [-0.39, 0.29) is 18.0 Å². The third-order valence-electron chi connectivity index (χ3n) is 5.67. The van der Waals surface area contributed by atoms with E-state index in [0.717, 1.165) is 13.0 Å². The summed E-state index contributed by atoms with van der Waals surface area (Å²) in [6.45, 7) is 1.76. The van der Waals surface area contributed by atoms with Crippen molar-refractivity contribution < 1.29 is 17.6 Å². The van der Waals surface area contributed by atoms with Crippen LogP contribution < -0.4 is 4.90 Å². The van der Waals surface area contributed by atoms with Crippen LogP contribution in [0.5, 0.6) is 0 Å². The maximum atomic E-state index is 14.3. The van der Waals surface area contributed by atoms with E-state index in [1.54, 1.807) is 34.5 Å². The Balaban J connectivity index is 1.59. The zero-order valence-electron chi connectivity index (χ0n) is 18.6. The third kappa shape index (κ3) is 5.27. The van der Waals surface area contributed by atoms with Gasteiger partial charge in [-0.25, -0.2) is 17.8 Å². The first-order valence-corrected chi connectivity index (χ1v) is 14.0. The number of rotatable bonds is 8. The molecule has 1 fully saturated rings. The lowest BCUT2D eigenvalue weighted by atomic mass is 9.98. The number of amides is 1. The summed E-state index contributed by atoms with van der Waals surface area (Å²) < 4.78 is 42.7. The van der Waals surface area contributed by atoms with Gasteiger partial charge in [-0.1, -0.05) is 23.5 Å². The van der Waals surface area contributed by atoms with Crippen molar-refractivity contribution in [3.8, 4) is 0 Å². The molecule has 0 spiro atoms. The average molecular weight is 511 g/mol. The molecule has 1 aliphatic rings. The first-order chi connectivity index (χ1) is 15.8. The second-order valence-electron chi connectivity index (χ2n) is 8.36. The Morgan fingerprint density at radius 3 is 2.76 bits per heavy atom. The predicted molar refractivity (Wildman–Crippen MR) is 131 cm³/mol. The van der Waals surface area contributed by atoms with Gasteiger partial charge in [-0.05, 0) is 63.5 Å². The van der Waals surface area contributed by atoms with E-state index in [1.807, 2.05) is 19.0 Å². The minimum Gasteiger partial charge on any atom is -0.309 e. The summed E-state index contributed by atoms with van der Waals surface area (Å²) in [7, 11) is 0.314. The molecule has 1 unspecified atom stereocenters. The number of nitrogens with zero attached hydrogens (tertiary/aromatic N) is 4. The number of thiophene rings is 1. The molecule has 2 aromatic heterocycles. The van der Waals surface area contributed by atoms with E-state index in [9.17, 15) is 17.6 Å². The van der Waals surface area contributed by atoms with Crippen molar-refractivity contribution in [1.82, 2.24) is 14.2 Å². The fraction of sp³-hybridized carbons (Fsp3) is 0.455. The van der Waals surface area contributed by atoms with Gasteiger partial charge in [0.15, 0.2) is 5.13 Å². The fourth-order valence-corrected chi connectivity index (χ4v) is 7.66. The molecule has 178 valence electrons. The number of piperidine rings is 1. The van der Waals surface area contributed by atoms with Gasteiger partial charge in [0.05, 0.1) is 10.6 Å². The van der Waals surface area contributed by atoms with Crippen molar-refractivity contribution >= 4 is 54.0 Å². The molecule has 0 aliphatic carbocycles. The first kappa shape index (κ1) is 24.2. The van der Waals surface area contributed by atoms with E-state index in [0.29, 0.717) is 40.0 Å². The molecule has 1 atom stereocenters. The van der Waals surface area contributed by atoms with Crippen LogP contribution in [0, 0.1) is 11.7 Å². The molecular formula is C22H27FN4O3S3. The summed E-state index contributed by atoms with van der Waals surface area (Å²) in [6.07, 6.45) is 1.95. The highest BCUT2D eigenvalue weighted by molar-refractivity contribution is 7.91. The van der Waals surface area contributed by atoms with Crippen molar-refractivity contribution in [2.24, 2.45) is 5.92 Å². The highest BCUT2D eigenvalue weighted by Gasteiger charge is 2.36. The summed E-state index contributed by atoms with van der Waals surface area (Å²) in [5, 5.41) is 2.19. The molecule has 0 radical (unpaired) electrons. The normalized spacial score (nSPS) is 17.6. The quantitative estimate of drug-likeness (QED) is 0.460.